The van der Waals surface area contributed by atoms with Crippen molar-refractivity contribution in [2.24, 2.45) is 0 Å². The molecular formula is C20H27N3O3. The van der Waals surface area contributed by atoms with Crippen LogP contribution in [0.15, 0.2) is 18.2 Å². The van der Waals surface area contributed by atoms with Gasteiger partial charge in [0.25, 0.3) is 5.91 Å². The molecule has 2 aliphatic heterocycles. The van der Waals surface area contributed by atoms with Gasteiger partial charge in [0.05, 0.1) is 18.2 Å². The lowest BCUT2D eigenvalue weighted by molar-refractivity contribution is -0.125. The average Bonchev–Trinajstić information content (AvgIpc) is 3.35. The molecule has 1 aliphatic carbocycles. The molecule has 26 heavy (non-hydrogen) atoms. The smallest absolute Gasteiger partial charge is 0.255 e. The standard InChI is InChI=1S/C20H27N3O3/c1-23-10-3-6-17(23)20(25)22-15-8-7-14(12-15)21-19(24)16-5-2-4-13-9-11-26-18(13)16/h2,4-5,14-15,17H,3,6-12H2,1H3,(H,21,24)(H,22,25)/t14-,15+,17-/m0/s1. The maximum absolute atomic E-state index is 12.7. The van der Waals surface area contributed by atoms with Crippen molar-refractivity contribution in [1.82, 2.24) is 15.5 Å². The minimum absolute atomic E-state index is 0.00713. The number of amides is 2. The van der Waals surface area contributed by atoms with Gasteiger partial charge in [0, 0.05) is 18.5 Å². The fourth-order valence-electron chi connectivity index (χ4n) is 4.44. The maximum atomic E-state index is 12.7. The first-order chi connectivity index (χ1) is 12.6. The highest BCUT2D eigenvalue weighted by atomic mass is 16.5. The highest BCUT2D eigenvalue weighted by Gasteiger charge is 2.33. The largest absolute Gasteiger partial charge is 0.492 e. The SMILES string of the molecule is CN1CCC[C@H]1C(=O)N[C@@H]1CC[C@H](NC(=O)c2cccc3c2OCC3)C1. The van der Waals surface area contributed by atoms with E-state index in [1.165, 1.54) is 0 Å². The number of carbonyl (C=O) groups excluding carboxylic acids is 2. The van der Waals surface area contributed by atoms with Crippen molar-refractivity contribution >= 4 is 11.8 Å². The van der Waals surface area contributed by atoms with Gasteiger partial charge in [0.2, 0.25) is 5.91 Å². The van der Waals surface area contributed by atoms with Crippen LogP contribution in [0.25, 0.3) is 0 Å². The molecule has 3 atom stereocenters. The second kappa shape index (κ2) is 7.27. The molecule has 0 radical (unpaired) electrons. The summed E-state index contributed by atoms with van der Waals surface area (Å²) < 4.78 is 5.63. The van der Waals surface area contributed by atoms with Gasteiger partial charge < -0.3 is 15.4 Å². The average molecular weight is 357 g/mol. The van der Waals surface area contributed by atoms with E-state index in [1.54, 1.807) is 0 Å². The Hall–Kier alpha value is -2.08. The van der Waals surface area contributed by atoms with Crippen LogP contribution in [0.1, 0.15) is 48.0 Å². The number of likely N-dealkylation sites (N-methyl/N-ethyl adjacent to an activating group) is 1. The Morgan fingerprint density at radius 1 is 1.15 bits per heavy atom. The van der Waals surface area contributed by atoms with Crippen LogP contribution in [0, 0.1) is 0 Å². The molecule has 0 aromatic heterocycles. The van der Waals surface area contributed by atoms with E-state index in [2.05, 4.69) is 15.5 Å². The van der Waals surface area contributed by atoms with Crippen molar-refractivity contribution < 1.29 is 14.3 Å². The summed E-state index contributed by atoms with van der Waals surface area (Å²) >= 11 is 0. The van der Waals surface area contributed by atoms with Crippen LogP contribution >= 0.6 is 0 Å². The number of carbonyl (C=O) groups is 2. The molecule has 140 valence electrons. The normalized spacial score (nSPS) is 27.8. The predicted molar refractivity (Wildman–Crippen MR) is 98.3 cm³/mol. The van der Waals surface area contributed by atoms with Crippen LogP contribution in [0.2, 0.25) is 0 Å². The van der Waals surface area contributed by atoms with E-state index < -0.39 is 0 Å². The van der Waals surface area contributed by atoms with Crippen LogP contribution in [0.3, 0.4) is 0 Å². The first-order valence-electron chi connectivity index (χ1n) is 9.68. The quantitative estimate of drug-likeness (QED) is 0.856. The maximum Gasteiger partial charge on any atom is 0.255 e. The highest BCUT2D eigenvalue weighted by molar-refractivity contribution is 5.97. The van der Waals surface area contributed by atoms with Gasteiger partial charge in [0.15, 0.2) is 0 Å². The van der Waals surface area contributed by atoms with Gasteiger partial charge in [-0.3, -0.25) is 14.5 Å². The van der Waals surface area contributed by atoms with E-state index in [-0.39, 0.29) is 29.9 Å². The van der Waals surface area contributed by atoms with E-state index in [9.17, 15) is 9.59 Å². The third-order valence-electron chi connectivity index (χ3n) is 5.90. The van der Waals surface area contributed by atoms with E-state index >= 15 is 0 Å². The summed E-state index contributed by atoms with van der Waals surface area (Å²) in [7, 11) is 2.01. The Morgan fingerprint density at radius 2 is 1.96 bits per heavy atom. The van der Waals surface area contributed by atoms with Crippen molar-refractivity contribution in [3.63, 3.8) is 0 Å². The molecule has 4 rings (SSSR count). The molecule has 2 heterocycles. The number of nitrogens with zero attached hydrogens (tertiary/aromatic N) is 1. The van der Waals surface area contributed by atoms with Crippen molar-refractivity contribution in [3.8, 4) is 5.75 Å². The molecular weight excluding hydrogens is 330 g/mol. The number of hydrogen-bond acceptors (Lipinski definition) is 4. The third-order valence-corrected chi connectivity index (χ3v) is 5.90. The predicted octanol–water partition coefficient (Wildman–Crippen LogP) is 1.48. The first kappa shape index (κ1) is 17.3. The lowest BCUT2D eigenvalue weighted by Crippen LogP contribution is -2.45. The zero-order valence-corrected chi connectivity index (χ0v) is 15.3. The second-order valence-electron chi connectivity index (χ2n) is 7.72. The molecule has 2 fully saturated rings. The first-order valence-corrected chi connectivity index (χ1v) is 9.68. The third kappa shape index (κ3) is 3.43. The summed E-state index contributed by atoms with van der Waals surface area (Å²) in [5.74, 6) is 0.796. The lowest BCUT2D eigenvalue weighted by Gasteiger charge is -2.21. The van der Waals surface area contributed by atoms with Crippen molar-refractivity contribution in [1.29, 1.82) is 0 Å². The minimum atomic E-state index is -0.0729. The molecule has 1 aromatic carbocycles. The van der Waals surface area contributed by atoms with Crippen LogP contribution in [0.5, 0.6) is 5.75 Å². The summed E-state index contributed by atoms with van der Waals surface area (Å²) in [6.07, 6.45) is 5.49. The summed E-state index contributed by atoms with van der Waals surface area (Å²) in [6.45, 7) is 1.64. The Kier molecular flexibility index (Phi) is 4.85. The molecule has 0 bridgehead atoms. The number of nitrogens with one attached hydrogen (secondary N) is 2. The van der Waals surface area contributed by atoms with Crippen molar-refractivity contribution in [2.45, 2.75) is 56.7 Å². The zero-order valence-electron chi connectivity index (χ0n) is 15.3. The number of rotatable bonds is 4. The monoisotopic (exact) mass is 357 g/mol. The molecule has 3 aliphatic rings. The summed E-state index contributed by atoms with van der Waals surface area (Å²) in [5, 5.41) is 6.31. The Labute approximate surface area is 154 Å². The number of likely N-dealkylation sites (tertiary alicyclic amines) is 1. The Morgan fingerprint density at radius 3 is 2.73 bits per heavy atom. The number of hydrogen-bond donors (Lipinski definition) is 2. The van der Waals surface area contributed by atoms with E-state index in [1.807, 2.05) is 25.2 Å². The van der Waals surface area contributed by atoms with Crippen molar-refractivity contribution in [3.05, 3.63) is 29.3 Å². The van der Waals surface area contributed by atoms with Gasteiger partial charge >= 0.3 is 0 Å². The fourth-order valence-corrected chi connectivity index (χ4v) is 4.44. The van der Waals surface area contributed by atoms with Gasteiger partial charge in [0.1, 0.15) is 5.75 Å². The second-order valence-corrected chi connectivity index (χ2v) is 7.72. The molecule has 1 aromatic rings. The number of ether oxygens (including phenoxy) is 1. The molecule has 6 heteroatoms. The van der Waals surface area contributed by atoms with Crippen LogP contribution in [0.4, 0.5) is 0 Å². The summed E-state index contributed by atoms with van der Waals surface area (Å²) in [4.78, 5) is 27.2. The van der Waals surface area contributed by atoms with Crippen LogP contribution < -0.4 is 15.4 Å². The molecule has 1 saturated carbocycles. The van der Waals surface area contributed by atoms with Crippen LogP contribution in [-0.4, -0.2) is 55.0 Å². The van der Waals surface area contributed by atoms with E-state index in [0.29, 0.717) is 12.2 Å². The fraction of sp³-hybridized carbons (Fsp3) is 0.600. The summed E-state index contributed by atoms with van der Waals surface area (Å²) in [5.41, 5.74) is 1.73. The molecule has 0 unspecified atom stereocenters. The number of para-hydroxylation sites is 1. The Bertz CT molecular complexity index is 706. The highest BCUT2D eigenvalue weighted by Crippen LogP contribution is 2.30. The Balaban J connectivity index is 1.31. The molecule has 0 spiro atoms. The lowest BCUT2D eigenvalue weighted by atomic mass is 10.1. The van der Waals surface area contributed by atoms with Crippen molar-refractivity contribution in [2.75, 3.05) is 20.2 Å². The number of benzene rings is 1. The van der Waals surface area contributed by atoms with Gasteiger partial charge in [-0.2, -0.15) is 0 Å². The zero-order chi connectivity index (χ0) is 18.1. The molecule has 6 nitrogen and oxygen atoms in total. The van der Waals surface area contributed by atoms with Gasteiger partial charge in [-0.15, -0.1) is 0 Å². The topological polar surface area (TPSA) is 70.7 Å². The molecule has 2 amide bonds. The molecule has 2 N–H and O–H groups in total. The van der Waals surface area contributed by atoms with Gasteiger partial charge in [-0.05, 0) is 57.3 Å². The number of fused-ring (bicyclic) bond motifs is 1. The van der Waals surface area contributed by atoms with Gasteiger partial charge in [-0.25, -0.2) is 0 Å². The van der Waals surface area contributed by atoms with Crippen LogP contribution in [-0.2, 0) is 11.2 Å². The van der Waals surface area contributed by atoms with E-state index in [4.69, 9.17) is 4.74 Å². The molecule has 1 saturated heterocycles. The summed E-state index contributed by atoms with van der Waals surface area (Å²) in [6, 6.07) is 6.01. The van der Waals surface area contributed by atoms with Gasteiger partial charge in [-0.1, -0.05) is 12.1 Å². The minimum Gasteiger partial charge on any atom is -0.492 e. The van der Waals surface area contributed by atoms with E-state index in [0.717, 1.165) is 56.4 Å².